The van der Waals surface area contributed by atoms with Gasteiger partial charge in [0, 0.05) is 5.56 Å². The molecule has 0 aliphatic heterocycles. The smallest absolute Gasteiger partial charge is 0.349 e. The lowest BCUT2D eigenvalue weighted by atomic mass is 10.1. The van der Waals surface area contributed by atoms with Crippen molar-refractivity contribution >= 4 is 12.3 Å². The van der Waals surface area contributed by atoms with Crippen LogP contribution in [-0.2, 0) is 9.53 Å². The SMILES string of the molecule is CCOC(=O)C(C)(C)Oc1cc(C=O)ccc1OC. The van der Waals surface area contributed by atoms with E-state index < -0.39 is 11.6 Å². The molecular weight excluding hydrogens is 248 g/mol. The average Bonchev–Trinajstić information content (AvgIpc) is 2.38. The number of methoxy groups -OCH3 is 1. The Morgan fingerprint density at radius 3 is 2.53 bits per heavy atom. The fourth-order valence-electron chi connectivity index (χ4n) is 1.47. The molecule has 0 heterocycles. The van der Waals surface area contributed by atoms with Gasteiger partial charge in [0.05, 0.1) is 13.7 Å². The van der Waals surface area contributed by atoms with Crippen LogP contribution < -0.4 is 9.47 Å². The molecule has 0 radical (unpaired) electrons. The lowest BCUT2D eigenvalue weighted by Crippen LogP contribution is -2.39. The van der Waals surface area contributed by atoms with Crippen molar-refractivity contribution < 1.29 is 23.8 Å². The highest BCUT2D eigenvalue weighted by Gasteiger charge is 2.32. The van der Waals surface area contributed by atoms with E-state index in [-0.39, 0.29) is 6.61 Å². The van der Waals surface area contributed by atoms with Gasteiger partial charge in [-0.2, -0.15) is 0 Å². The summed E-state index contributed by atoms with van der Waals surface area (Å²) >= 11 is 0. The van der Waals surface area contributed by atoms with E-state index in [0.29, 0.717) is 23.3 Å². The number of carbonyl (C=O) groups is 2. The lowest BCUT2D eigenvalue weighted by Gasteiger charge is -2.25. The third kappa shape index (κ3) is 3.71. The number of esters is 1. The van der Waals surface area contributed by atoms with Gasteiger partial charge in [-0.15, -0.1) is 0 Å². The molecule has 0 bridgehead atoms. The second-order valence-electron chi connectivity index (χ2n) is 4.36. The molecular formula is C14H18O5. The maximum atomic E-state index is 11.8. The largest absolute Gasteiger partial charge is 0.493 e. The van der Waals surface area contributed by atoms with Gasteiger partial charge in [0.25, 0.3) is 0 Å². The monoisotopic (exact) mass is 266 g/mol. The molecule has 0 atom stereocenters. The van der Waals surface area contributed by atoms with Crippen LogP contribution in [0.2, 0.25) is 0 Å². The van der Waals surface area contributed by atoms with Gasteiger partial charge in [-0.05, 0) is 39.0 Å². The van der Waals surface area contributed by atoms with Gasteiger partial charge in [-0.25, -0.2) is 4.79 Å². The maximum absolute atomic E-state index is 11.8. The first-order valence-corrected chi connectivity index (χ1v) is 5.94. The topological polar surface area (TPSA) is 61.8 Å². The van der Waals surface area contributed by atoms with E-state index in [4.69, 9.17) is 14.2 Å². The van der Waals surface area contributed by atoms with Crippen molar-refractivity contribution in [3.8, 4) is 11.5 Å². The van der Waals surface area contributed by atoms with Crippen LogP contribution in [-0.4, -0.2) is 31.6 Å². The van der Waals surface area contributed by atoms with E-state index in [1.54, 1.807) is 32.9 Å². The van der Waals surface area contributed by atoms with E-state index in [9.17, 15) is 9.59 Å². The van der Waals surface area contributed by atoms with E-state index in [1.807, 2.05) is 0 Å². The molecule has 0 fully saturated rings. The molecule has 0 aromatic heterocycles. The molecule has 104 valence electrons. The van der Waals surface area contributed by atoms with Crippen molar-refractivity contribution in [3.63, 3.8) is 0 Å². The zero-order valence-electron chi connectivity index (χ0n) is 11.6. The van der Waals surface area contributed by atoms with Crippen LogP contribution in [0.5, 0.6) is 11.5 Å². The minimum atomic E-state index is -1.16. The third-order valence-corrected chi connectivity index (χ3v) is 2.46. The minimum Gasteiger partial charge on any atom is -0.493 e. The number of benzene rings is 1. The molecule has 0 aliphatic rings. The Kier molecular flexibility index (Phi) is 4.92. The van der Waals surface area contributed by atoms with E-state index in [1.165, 1.54) is 13.2 Å². The zero-order chi connectivity index (χ0) is 14.5. The fraction of sp³-hybridized carbons (Fsp3) is 0.429. The highest BCUT2D eigenvalue weighted by atomic mass is 16.6. The first-order valence-electron chi connectivity index (χ1n) is 5.94. The van der Waals surface area contributed by atoms with E-state index in [2.05, 4.69) is 0 Å². The normalized spacial score (nSPS) is 10.7. The molecule has 0 spiro atoms. The van der Waals surface area contributed by atoms with Crippen molar-refractivity contribution in [3.05, 3.63) is 23.8 Å². The molecule has 5 nitrogen and oxygen atoms in total. The Bertz CT molecular complexity index is 465. The fourth-order valence-corrected chi connectivity index (χ4v) is 1.47. The number of hydrogen-bond acceptors (Lipinski definition) is 5. The molecule has 0 N–H and O–H groups in total. The number of ether oxygens (including phenoxy) is 3. The first kappa shape index (κ1) is 15.0. The molecule has 0 amide bonds. The van der Waals surface area contributed by atoms with E-state index >= 15 is 0 Å². The summed E-state index contributed by atoms with van der Waals surface area (Å²) in [7, 11) is 1.49. The zero-order valence-corrected chi connectivity index (χ0v) is 11.6. The third-order valence-electron chi connectivity index (χ3n) is 2.46. The number of carbonyl (C=O) groups excluding carboxylic acids is 2. The lowest BCUT2D eigenvalue weighted by molar-refractivity contribution is -0.158. The summed E-state index contributed by atoms with van der Waals surface area (Å²) in [6.07, 6.45) is 0.698. The molecule has 1 rings (SSSR count). The molecule has 0 unspecified atom stereocenters. The molecule has 0 saturated carbocycles. The maximum Gasteiger partial charge on any atom is 0.349 e. The highest BCUT2D eigenvalue weighted by Crippen LogP contribution is 2.31. The summed E-state index contributed by atoms with van der Waals surface area (Å²) in [5, 5.41) is 0. The second kappa shape index (κ2) is 6.22. The van der Waals surface area contributed by atoms with Crippen molar-refractivity contribution in [1.82, 2.24) is 0 Å². The van der Waals surface area contributed by atoms with E-state index in [0.717, 1.165) is 0 Å². The van der Waals surface area contributed by atoms with Gasteiger partial charge >= 0.3 is 5.97 Å². The summed E-state index contributed by atoms with van der Waals surface area (Å²) in [5.41, 5.74) is -0.722. The predicted octanol–water partition coefficient (Wildman–Crippen LogP) is 2.23. The van der Waals surface area contributed by atoms with Gasteiger partial charge in [0.2, 0.25) is 0 Å². The van der Waals surface area contributed by atoms with Gasteiger partial charge in [-0.3, -0.25) is 4.79 Å². The summed E-state index contributed by atoms with van der Waals surface area (Å²) < 4.78 is 15.7. The van der Waals surface area contributed by atoms with Crippen LogP contribution in [0.1, 0.15) is 31.1 Å². The predicted molar refractivity (Wildman–Crippen MR) is 69.7 cm³/mol. The minimum absolute atomic E-state index is 0.275. The van der Waals surface area contributed by atoms with Crippen molar-refractivity contribution in [2.45, 2.75) is 26.4 Å². The quantitative estimate of drug-likeness (QED) is 0.583. The number of aldehydes is 1. The summed E-state index contributed by atoms with van der Waals surface area (Å²) in [6, 6.07) is 4.74. The summed E-state index contributed by atoms with van der Waals surface area (Å²) in [4.78, 5) is 22.5. The van der Waals surface area contributed by atoms with Crippen molar-refractivity contribution in [1.29, 1.82) is 0 Å². The molecule has 5 heteroatoms. The Labute approximate surface area is 112 Å². The van der Waals surface area contributed by atoms with Crippen LogP contribution >= 0.6 is 0 Å². The van der Waals surface area contributed by atoms with Crippen LogP contribution in [0.3, 0.4) is 0 Å². The van der Waals surface area contributed by atoms with Crippen LogP contribution in [0.4, 0.5) is 0 Å². The Hall–Kier alpha value is -2.04. The molecule has 0 saturated heterocycles. The summed E-state index contributed by atoms with van der Waals surface area (Å²) in [5.74, 6) is 0.293. The second-order valence-corrected chi connectivity index (χ2v) is 4.36. The van der Waals surface area contributed by atoms with Crippen LogP contribution in [0.25, 0.3) is 0 Å². The molecule has 1 aromatic rings. The van der Waals surface area contributed by atoms with Crippen LogP contribution in [0, 0.1) is 0 Å². The van der Waals surface area contributed by atoms with Crippen molar-refractivity contribution in [2.75, 3.05) is 13.7 Å². The number of rotatable bonds is 6. The molecule has 0 aliphatic carbocycles. The Morgan fingerprint density at radius 2 is 2.00 bits per heavy atom. The van der Waals surface area contributed by atoms with Gasteiger partial charge in [-0.1, -0.05) is 0 Å². The number of hydrogen-bond donors (Lipinski definition) is 0. The molecule has 1 aromatic carbocycles. The Balaban J connectivity index is 3.02. The van der Waals surface area contributed by atoms with Crippen molar-refractivity contribution in [2.24, 2.45) is 0 Å². The Morgan fingerprint density at radius 1 is 1.32 bits per heavy atom. The molecule has 19 heavy (non-hydrogen) atoms. The first-order chi connectivity index (χ1) is 8.94. The van der Waals surface area contributed by atoms with Crippen LogP contribution in [0.15, 0.2) is 18.2 Å². The standard InChI is InChI=1S/C14H18O5/c1-5-18-13(16)14(2,3)19-12-8-10(9-15)6-7-11(12)17-4/h6-9H,5H2,1-4H3. The van der Waals surface area contributed by atoms with Gasteiger partial charge < -0.3 is 14.2 Å². The highest BCUT2D eigenvalue weighted by molar-refractivity contribution is 5.80. The van der Waals surface area contributed by atoms with Gasteiger partial charge in [0.15, 0.2) is 17.1 Å². The average molecular weight is 266 g/mol. The van der Waals surface area contributed by atoms with Gasteiger partial charge in [0.1, 0.15) is 6.29 Å². The summed E-state index contributed by atoms with van der Waals surface area (Å²) in [6.45, 7) is 5.19.